The third-order valence-electron chi connectivity index (χ3n) is 2.73. The van der Waals surface area contributed by atoms with Crippen LogP contribution >= 0.6 is 12.2 Å². The van der Waals surface area contributed by atoms with E-state index in [9.17, 15) is 8.42 Å². The van der Waals surface area contributed by atoms with Gasteiger partial charge in [0.05, 0.1) is 24.7 Å². The topological polar surface area (TPSA) is 90.6 Å². The number of benzene rings is 1. The number of rotatable bonds is 9. The number of thiocarbonyl (C=S) groups is 1. The quantitative estimate of drug-likeness (QED) is 0.507. The Morgan fingerprint density at radius 3 is 2.67 bits per heavy atom. The zero-order valence-electron chi connectivity index (χ0n) is 12.1. The summed E-state index contributed by atoms with van der Waals surface area (Å²) in [5.74, 6) is 0. The van der Waals surface area contributed by atoms with Gasteiger partial charge in [0.15, 0.2) is 0 Å². The first kappa shape index (κ1) is 18.0. The van der Waals surface area contributed by atoms with E-state index in [0.29, 0.717) is 24.3 Å². The summed E-state index contributed by atoms with van der Waals surface area (Å²) in [7, 11) is -2.04. The minimum absolute atomic E-state index is 0.161. The molecule has 1 aromatic rings. The molecule has 21 heavy (non-hydrogen) atoms. The first-order valence-corrected chi connectivity index (χ1v) is 8.24. The molecular formula is C13H20N2O4S2. The van der Waals surface area contributed by atoms with Crippen molar-refractivity contribution in [2.75, 3.05) is 33.5 Å². The van der Waals surface area contributed by atoms with E-state index in [4.69, 9.17) is 27.4 Å². The minimum Gasteiger partial charge on any atom is -0.389 e. The Balaban J connectivity index is 2.70. The smallest absolute Gasteiger partial charge is 0.240 e. The van der Waals surface area contributed by atoms with Crippen molar-refractivity contribution in [1.82, 2.24) is 4.72 Å². The van der Waals surface area contributed by atoms with Crippen LogP contribution < -0.4 is 10.5 Å². The SMILES string of the molecule is COCCOCCNS(=O)(=O)c1cc(C(N)=S)ccc1C. The van der Waals surface area contributed by atoms with Crippen molar-refractivity contribution in [1.29, 1.82) is 0 Å². The molecule has 0 saturated heterocycles. The van der Waals surface area contributed by atoms with Gasteiger partial charge in [-0.15, -0.1) is 0 Å². The maximum Gasteiger partial charge on any atom is 0.240 e. The summed E-state index contributed by atoms with van der Waals surface area (Å²) in [5.41, 5.74) is 6.68. The summed E-state index contributed by atoms with van der Waals surface area (Å²) < 4.78 is 37.0. The predicted molar refractivity (Wildman–Crippen MR) is 84.9 cm³/mol. The second-order valence-corrected chi connectivity index (χ2v) is 6.52. The van der Waals surface area contributed by atoms with Gasteiger partial charge in [0.25, 0.3) is 0 Å². The van der Waals surface area contributed by atoms with Crippen LogP contribution in [0.3, 0.4) is 0 Å². The normalized spacial score (nSPS) is 11.5. The molecule has 0 aliphatic rings. The summed E-state index contributed by atoms with van der Waals surface area (Å²) in [6.07, 6.45) is 0. The summed E-state index contributed by atoms with van der Waals surface area (Å²) in [6.45, 7) is 3.07. The Kier molecular flexibility index (Phi) is 7.20. The van der Waals surface area contributed by atoms with Gasteiger partial charge in [-0.1, -0.05) is 24.4 Å². The molecule has 0 heterocycles. The molecule has 3 N–H and O–H groups in total. The highest BCUT2D eigenvalue weighted by molar-refractivity contribution is 7.89. The summed E-state index contributed by atoms with van der Waals surface area (Å²) in [6, 6.07) is 4.86. The predicted octanol–water partition coefficient (Wildman–Crippen LogP) is 0.571. The fourth-order valence-corrected chi connectivity index (χ4v) is 3.02. The van der Waals surface area contributed by atoms with Gasteiger partial charge in [-0.05, 0) is 18.6 Å². The van der Waals surface area contributed by atoms with Gasteiger partial charge in [-0.25, -0.2) is 13.1 Å². The molecule has 0 fully saturated rings. The average molecular weight is 332 g/mol. The molecular weight excluding hydrogens is 312 g/mol. The van der Waals surface area contributed by atoms with Gasteiger partial charge >= 0.3 is 0 Å². The summed E-state index contributed by atoms with van der Waals surface area (Å²) in [5, 5.41) is 0. The van der Waals surface area contributed by atoms with Crippen LogP contribution in [0.5, 0.6) is 0 Å². The Morgan fingerprint density at radius 1 is 1.33 bits per heavy atom. The Labute approximate surface area is 130 Å². The van der Waals surface area contributed by atoms with E-state index >= 15 is 0 Å². The van der Waals surface area contributed by atoms with E-state index < -0.39 is 10.0 Å². The lowest BCUT2D eigenvalue weighted by Gasteiger charge is -2.11. The number of nitrogens with one attached hydrogen (secondary N) is 1. The van der Waals surface area contributed by atoms with E-state index in [-0.39, 0.29) is 23.0 Å². The average Bonchev–Trinajstić information content (AvgIpc) is 2.42. The van der Waals surface area contributed by atoms with Crippen molar-refractivity contribution in [2.45, 2.75) is 11.8 Å². The van der Waals surface area contributed by atoms with Gasteiger partial charge in [0.2, 0.25) is 10.0 Å². The molecule has 0 saturated carbocycles. The van der Waals surface area contributed by atoms with Crippen LogP contribution in [0, 0.1) is 6.92 Å². The van der Waals surface area contributed by atoms with Crippen LogP contribution in [-0.2, 0) is 19.5 Å². The molecule has 8 heteroatoms. The molecule has 0 amide bonds. The van der Waals surface area contributed by atoms with Crippen molar-refractivity contribution in [3.05, 3.63) is 29.3 Å². The molecule has 1 aromatic carbocycles. The summed E-state index contributed by atoms with van der Waals surface area (Å²) >= 11 is 4.87. The molecule has 0 bridgehead atoms. The lowest BCUT2D eigenvalue weighted by Crippen LogP contribution is -2.28. The second kappa shape index (κ2) is 8.40. The molecule has 118 valence electrons. The number of aryl methyl sites for hydroxylation is 1. The van der Waals surface area contributed by atoms with Crippen molar-refractivity contribution in [3.8, 4) is 0 Å². The molecule has 0 unspecified atom stereocenters. The van der Waals surface area contributed by atoms with Crippen molar-refractivity contribution in [2.24, 2.45) is 5.73 Å². The zero-order chi connectivity index (χ0) is 15.9. The highest BCUT2D eigenvalue weighted by Gasteiger charge is 2.17. The van der Waals surface area contributed by atoms with Crippen LogP contribution in [0.25, 0.3) is 0 Å². The molecule has 0 aromatic heterocycles. The number of nitrogens with two attached hydrogens (primary N) is 1. The van der Waals surface area contributed by atoms with E-state index in [1.165, 1.54) is 6.07 Å². The van der Waals surface area contributed by atoms with Gasteiger partial charge in [-0.3, -0.25) is 0 Å². The molecule has 0 spiro atoms. The Bertz CT molecular complexity index is 588. The highest BCUT2D eigenvalue weighted by atomic mass is 32.2. The number of hydrogen-bond donors (Lipinski definition) is 2. The molecule has 0 aliphatic heterocycles. The minimum atomic E-state index is -3.62. The van der Waals surface area contributed by atoms with Crippen molar-refractivity contribution >= 4 is 27.2 Å². The molecule has 0 aliphatic carbocycles. The maximum atomic E-state index is 12.2. The van der Waals surface area contributed by atoms with E-state index in [1.54, 1.807) is 26.2 Å². The monoisotopic (exact) mass is 332 g/mol. The van der Waals surface area contributed by atoms with Gasteiger partial charge in [0, 0.05) is 19.2 Å². The third kappa shape index (κ3) is 5.68. The van der Waals surface area contributed by atoms with Crippen LogP contribution in [0.4, 0.5) is 0 Å². The van der Waals surface area contributed by atoms with Crippen LogP contribution in [0.1, 0.15) is 11.1 Å². The van der Waals surface area contributed by atoms with E-state index in [1.807, 2.05) is 0 Å². The van der Waals surface area contributed by atoms with E-state index in [2.05, 4.69) is 4.72 Å². The highest BCUT2D eigenvalue weighted by Crippen LogP contribution is 2.16. The second-order valence-electron chi connectivity index (χ2n) is 4.35. The van der Waals surface area contributed by atoms with Crippen LogP contribution in [0.2, 0.25) is 0 Å². The number of sulfonamides is 1. The number of hydrogen-bond acceptors (Lipinski definition) is 5. The van der Waals surface area contributed by atoms with Crippen molar-refractivity contribution < 1.29 is 17.9 Å². The zero-order valence-corrected chi connectivity index (χ0v) is 13.7. The third-order valence-corrected chi connectivity index (χ3v) is 4.57. The first-order chi connectivity index (χ1) is 9.88. The lowest BCUT2D eigenvalue weighted by molar-refractivity contribution is 0.0736. The van der Waals surface area contributed by atoms with E-state index in [0.717, 1.165) is 0 Å². The fraction of sp³-hybridized carbons (Fsp3) is 0.462. The fourth-order valence-electron chi connectivity index (χ4n) is 1.61. The Morgan fingerprint density at radius 2 is 2.05 bits per heavy atom. The van der Waals surface area contributed by atoms with Gasteiger partial charge in [-0.2, -0.15) is 0 Å². The largest absolute Gasteiger partial charge is 0.389 e. The summed E-state index contributed by atoms with van der Waals surface area (Å²) in [4.78, 5) is 0.332. The lowest BCUT2D eigenvalue weighted by atomic mass is 10.1. The maximum absolute atomic E-state index is 12.2. The van der Waals surface area contributed by atoms with Crippen molar-refractivity contribution in [3.63, 3.8) is 0 Å². The standard InChI is InChI=1S/C13H20N2O4S2/c1-10-3-4-11(13(14)20)9-12(10)21(16,17)15-5-6-19-8-7-18-2/h3-4,9,15H,5-8H2,1-2H3,(H2,14,20). The van der Waals surface area contributed by atoms with Crippen LogP contribution in [0.15, 0.2) is 23.1 Å². The van der Waals surface area contributed by atoms with Gasteiger partial charge < -0.3 is 15.2 Å². The van der Waals surface area contributed by atoms with Gasteiger partial charge in [0.1, 0.15) is 4.99 Å². The molecule has 1 rings (SSSR count). The first-order valence-electron chi connectivity index (χ1n) is 6.35. The Hall–Kier alpha value is -1.06. The molecule has 0 radical (unpaired) electrons. The molecule has 6 nitrogen and oxygen atoms in total. The number of ether oxygens (including phenoxy) is 2. The number of methoxy groups -OCH3 is 1. The van der Waals surface area contributed by atoms with Crippen LogP contribution in [-0.4, -0.2) is 46.9 Å². The molecule has 0 atom stereocenters.